The van der Waals surface area contributed by atoms with Gasteiger partial charge in [0.05, 0.1) is 11.4 Å². The number of rotatable bonds is 6. The van der Waals surface area contributed by atoms with E-state index in [1.807, 2.05) is 18.2 Å². The van der Waals surface area contributed by atoms with Crippen LogP contribution in [-0.2, 0) is 4.79 Å². The first-order valence-electron chi connectivity index (χ1n) is 8.87. The molecule has 0 saturated heterocycles. The minimum Gasteiger partial charge on any atom is -0.325 e. The maximum atomic E-state index is 12.1. The van der Waals surface area contributed by atoms with E-state index in [-0.39, 0.29) is 17.4 Å². The Morgan fingerprint density at radius 1 is 0.929 bits per heavy atom. The Kier molecular flexibility index (Phi) is 6.21. The number of carbonyl (C=O) groups excluding carboxylic acids is 2. The smallest absolute Gasteiger partial charge is 0.234 e. The molecule has 0 aliphatic carbocycles. The van der Waals surface area contributed by atoms with Crippen LogP contribution in [0.5, 0.6) is 0 Å². The summed E-state index contributed by atoms with van der Waals surface area (Å²) in [5, 5.41) is 12.0. The summed E-state index contributed by atoms with van der Waals surface area (Å²) < 4.78 is 0. The molecular weight excluding hydrogens is 370 g/mol. The summed E-state index contributed by atoms with van der Waals surface area (Å²) in [6, 6.07) is 16.8. The minimum atomic E-state index is -0.138. The van der Waals surface area contributed by atoms with Crippen molar-refractivity contribution in [3.05, 3.63) is 71.3 Å². The van der Waals surface area contributed by atoms with Crippen molar-refractivity contribution in [1.82, 2.24) is 10.2 Å². The maximum absolute atomic E-state index is 12.1. The molecule has 0 radical (unpaired) electrons. The van der Waals surface area contributed by atoms with E-state index >= 15 is 0 Å². The molecule has 0 spiro atoms. The number of anilines is 1. The molecule has 3 aromatic rings. The Morgan fingerprint density at radius 2 is 1.68 bits per heavy atom. The molecule has 0 aliphatic heterocycles. The number of hydrogen-bond donors (Lipinski definition) is 1. The average Bonchev–Trinajstić information content (AvgIpc) is 2.69. The van der Waals surface area contributed by atoms with Gasteiger partial charge in [-0.05, 0) is 74.4 Å². The largest absolute Gasteiger partial charge is 0.325 e. The highest BCUT2D eigenvalue weighted by Crippen LogP contribution is 2.22. The van der Waals surface area contributed by atoms with E-state index in [0.29, 0.717) is 16.3 Å². The molecule has 0 aliphatic rings. The van der Waals surface area contributed by atoms with Gasteiger partial charge in [-0.3, -0.25) is 9.59 Å². The lowest BCUT2D eigenvalue weighted by molar-refractivity contribution is -0.113. The molecule has 0 unspecified atom stereocenters. The molecule has 0 bridgehead atoms. The van der Waals surface area contributed by atoms with Crippen molar-refractivity contribution < 1.29 is 9.59 Å². The molecule has 2 aromatic carbocycles. The molecule has 28 heavy (non-hydrogen) atoms. The van der Waals surface area contributed by atoms with Crippen LogP contribution >= 0.6 is 11.8 Å². The summed E-state index contributed by atoms with van der Waals surface area (Å²) in [5.41, 5.74) is 5.57. The fourth-order valence-corrected chi connectivity index (χ4v) is 3.19. The van der Waals surface area contributed by atoms with Gasteiger partial charge >= 0.3 is 0 Å². The number of Topliss-reactive ketones (excluding diaryl/α,β-unsaturated/α-hetero) is 1. The van der Waals surface area contributed by atoms with Crippen molar-refractivity contribution in [2.45, 2.75) is 25.8 Å². The second-order valence-corrected chi connectivity index (χ2v) is 7.52. The van der Waals surface area contributed by atoms with E-state index in [1.54, 1.807) is 24.3 Å². The van der Waals surface area contributed by atoms with Gasteiger partial charge in [-0.25, -0.2) is 0 Å². The third-order valence-electron chi connectivity index (χ3n) is 4.37. The highest BCUT2D eigenvalue weighted by molar-refractivity contribution is 7.99. The number of nitrogens with zero attached hydrogens (tertiary/aromatic N) is 2. The Labute approximate surface area is 168 Å². The van der Waals surface area contributed by atoms with Crippen LogP contribution in [0.1, 0.15) is 28.4 Å². The molecular formula is C22H21N3O2S. The number of nitrogens with one attached hydrogen (secondary N) is 1. The lowest BCUT2D eigenvalue weighted by atomic mass is 10.0. The number of carbonyl (C=O) groups is 2. The zero-order valence-electron chi connectivity index (χ0n) is 16.0. The SMILES string of the molecule is CC(=O)c1ccc(NC(=O)CSc2ccc(-c3ccc(C)c(C)c3)nn2)cc1. The molecule has 0 atom stereocenters. The van der Waals surface area contributed by atoms with E-state index in [2.05, 4.69) is 41.5 Å². The molecule has 6 heteroatoms. The lowest BCUT2D eigenvalue weighted by Gasteiger charge is -2.06. The highest BCUT2D eigenvalue weighted by atomic mass is 32.2. The van der Waals surface area contributed by atoms with Crippen molar-refractivity contribution >= 4 is 29.1 Å². The predicted molar refractivity (Wildman–Crippen MR) is 113 cm³/mol. The molecule has 3 rings (SSSR count). The van der Waals surface area contributed by atoms with Crippen LogP contribution in [0, 0.1) is 13.8 Å². The van der Waals surface area contributed by atoms with Crippen LogP contribution in [0.25, 0.3) is 11.3 Å². The Balaban J connectivity index is 1.56. The van der Waals surface area contributed by atoms with E-state index in [1.165, 1.54) is 29.8 Å². The number of hydrogen-bond acceptors (Lipinski definition) is 5. The van der Waals surface area contributed by atoms with Gasteiger partial charge < -0.3 is 5.32 Å². The van der Waals surface area contributed by atoms with E-state index in [9.17, 15) is 9.59 Å². The second-order valence-electron chi connectivity index (χ2n) is 6.53. The van der Waals surface area contributed by atoms with Gasteiger partial charge in [0.15, 0.2) is 5.78 Å². The highest BCUT2D eigenvalue weighted by Gasteiger charge is 2.07. The molecule has 0 saturated carbocycles. The van der Waals surface area contributed by atoms with Crippen molar-refractivity contribution in [2.75, 3.05) is 11.1 Å². The zero-order chi connectivity index (χ0) is 20.1. The number of ketones is 1. The Hall–Kier alpha value is -2.99. The molecule has 5 nitrogen and oxygen atoms in total. The van der Waals surface area contributed by atoms with Crippen molar-refractivity contribution in [2.24, 2.45) is 0 Å². The lowest BCUT2D eigenvalue weighted by Crippen LogP contribution is -2.14. The quantitative estimate of drug-likeness (QED) is 0.487. The van der Waals surface area contributed by atoms with Crippen molar-refractivity contribution in [3.63, 3.8) is 0 Å². The maximum Gasteiger partial charge on any atom is 0.234 e. The minimum absolute atomic E-state index is 0.00347. The zero-order valence-corrected chi connectivity index (χ0v) is 16.8. The predicted octanol–water partition coefficient (Wildman–Crippen LogP) is 4.69. The molecule has 1 heterocycles. The Morgan fingerprint density at radius 3 is 2.29 bits per heavy atom. The first-order chi connectivity index (χ1) is 13.4. The molecule has 1 aromatic heterocycles. The van der Waals surface area contributed by atoms with Crippen molar-refractivity contribution in [1.29, 1.82) is 0 Å². The summed E-state index contributed by atoms with van der Waals surface area (Å²) in [6.07, 6.45) is 0. The monoisotopic (exact) mass is 391 g/mol. The first-order valence-corrected chi connectivity index (χ1v) is 9.86. The van der Waals surface area contributed by atoms with Crippen LogP contribution in [0.3, 0.4) is 0 Å². The van der Waals surface area contributed by atoms with Crippen molar-refractivity contribution in [3.8, 4) is 11.3 Å². The van der Waals surface area contributed by atoms with Gasteiger partial charge in [-0.15, -0.1) is 10.2 Å². The summed E-state index contributed by atoms with van der Waals surface area (Å²) in [4.78, 5) is 23.4. The summed E-state index contributed by atoms with van der Waals surface area (Å²) in [5.74, 6) is 0.0865. The van der Waals surface area contributed by atoms with Gasteiger partial charge in [-0.2, -0.15) is 0 Å². The first kappa shape index (κ1) is 19.8. The van der Waals surface area contributed by atoms with Gasteiger partial charge in [0.2, 0.25) is 5.91 Å². The van der Waals surface area contributed by atoms with Crippen LogP contribution in [-0.4, -0.2) is 27.6 Å². The van der Waals surface area contributed by atoms with E-state index in [0.717, 1.165) is 11.3 Å². The second kappa shape index (κ2) is 8.80. The van der Waals surface area contributed by atoms with Crippen LogP contribution < -0.4 is 5.32 Å². The van der Waals surface area contributed by atoms with E-state index in [4.69, 9.17) is 0 Å². The third kappa shape index (κ3) is 5.04. The molecule has 142 valence electrons. The summed E-state index contributed by atoms with van der Waals surface area (Å²) >= 11 is 1.33. The van der Waals surface area contributed by atoms with Gasteiger partial charge in [0, 0.05) is 16.8 Å². The number of aromatic nitrogens is 2. The van der Waals surface area contributed by atoms with Crippen LogP contribution in [0.2, 0.25) is 0 Å². The topological polar surface area (TPSA) is 72.0 Å². The van der Waals surface area contributed by atoms with Crippen LogP contribution in [0.4, 0.5) is 5.69 Å². The fraction of sp³-hybridized carbons (Fsp3) is 0.182. The van der Waals surface area contributed by atoms with E-state index < -0.39 is 0 Å². The fourth-order valence-electron chi connectivity index (χ4n) is 2.58. The number of aryl methyl sites for hydroxylation is 2. The number of benzene rings is 2. The van der Waals surface area contributed by atoms with Gasteiger partial charge in [0.25, 0.3) is 0 Å². The summed E-state index contributed by atoms with van der Waals surface area (Å²) in [7, 11) is 0. The normalized spacial score (nSPS) is 10.5. The molecule has 0 fully saturated rings. The molecule has 1 amide bonds. The van der Waals surface area contributed by atoms with Gasteiger partial charge in [0.1, 0.15) is 5.03 Å². The van der Waals surface area contributed by atoms with Gasteiger partial charge in [-0.1, -0.05) is 23.9 Å². The third-order valence-corrected chi connectivity index (χ3v) is 5.29. The summed E-state index contributed by atoms with van der Waals surface area (Å²) in [6.45, 7) is 5.66. The standard InChI is InChI=1S/C22H21N3O2S/c1-14-4-5-18(12-15(14)2)20-10-11-22(25-24-20)28-13-21(27)23-19-8-6-17(7-9-19)16(3)26/h4-12H,13H2,1-3H3,(H,23,27). The average molecular weight is 391 g/mol. The number of amides is 1. The van der Waals surface area contributed by atoms with Crippen LogP contribution in [0.15, 0.2) is 59.6 Å². The Bertz CT molecular complexity index is 999. The number of thioether (sulfide) groups is 1. The molecule has 1 N–H and O–H groups in total.